The fraction of sp³-hybridized carbons (Fsp3) is 0.556. The summed E-state index contributed by atoms with van der Waals surface area (Å²) in [7, 11) is 0. The van der Waals surface area contributed by atoms with Crippen molar-refractivity contribution in [3.63, 3.8) is 0 Å². The predicted molar refractivity (Wildman–Crippen MR) is 62.5 cm³/mol. The number of ether oxygens (including phenoxy) is 1. The largest absolute Gasteiger partial charge is 0.427 e. The van der Waals surface area contributed by atoms with E-state index < -0.39 is 24.1 Å². The highest BCUT2D eigenvalue weighted by atomic mass is 16.7. The Labute approximate surface area is 107 Å². The predicted octanol–water partition coefficient (Wildman–Crippen LogP) is -0.284. The van der Waals surface area contributed by atoms with Crippen molar-refractivity contribution in [3.8, 4) is 0 Å². The maximum atomic E-state index is 11.6. The maximum Gasteiger partial charge on any atom is 0.351 e. The number of nitrogens with zero attached hydrogens (tertiary/aromatic N) is 5. The summed E-state index contributed by atoms with van der Waals surface area (Å²) >= 11 is 0. The van der Waals surface area contributed by atoms with Gasteiger partial charge in [0.25, 0.3) is 0 Å². The zero-order chi connectivity index (χ0) is 13.8. The lowest BCUT2D eigenvalue weighted by molar-refractivity contribution is -0.0625. The summed E-state index contributed by atoms with van der Waals surface area (Å²) in [5.74, 6) is 0.111. The molecule has 0 aliphatic carbocycles. The van der Waals surface area contributed by atoms with Gasteiger partial charge in [-0.3, -0.25) is 4.57 Å². The van der Waals surface area contributed by atoms with Crippen LogP contribution in [0.4, 0.5) is 5.82 Å². The molecule has 10 nitrogen and oxygen atoms in total. The van der Waals surface area contributed by atoms with Crippen LogP contribution < -0.4 is 11.4 Å². The minimum Gasteiger partial charge on any atom is -0.427 e. The Morgan fingerprint density at radius 1 is 1.79 bits per heavy atom. The van der Waals surface area contributed by atoms with Crippen molar-refractivity contribution in [2.75, 3.05) is 12.3 Å². The second-order valence-electron chi connectivity index (χ2n) is 3.90. The lowest BCUT2D eigenvalue weighted by Gasteiger charge is -2.14. The fourth-order valence-corrected chi connectivity index (χ4v) is 1.87. The van der Waals surface area contributed by atoms with Gasteiger partial charge in [0.05, 0.1) is 6.61 Å². The van der Waals surface area contributed by atoms with E-state index >= 15 is 0 Å². The zero-order valence-electron chi connectivity index (χ0n) is 9.79. The molecule has 1 aliphatic rings. The van der Waals surface area contributed by atoms with Gasteiger partial charge in [0, 0.05) is 17.5 Å². The molecular formula is C9H12N6O4. The van der Waals surface area contributed by atoms with Crippen molar-refractivity contribution in [2.24, 2.45) is 5.28 Å². The van der Waals surface area contributed by atoms with E-state index in [0.717, 1.165) is 0 Å². The van der Waals surface area contributed by atoms with Crippen LogP contribution in [0, 0.1) is 0 Å². The second kappa shape index (κ2) is 5.57. The van der Waals surface area contributed by atoms with E-state index in [1.54, 1.807) is 0 Å². The lowest BCUT2D eigenvalue weighted by atomic mass is 10.2. The van der Waals surface area contributed by atoms with Crippen LogP contribution in [0.1, 0.15) is 12.6 Å². The number of nitrogens with two attached hydrogens (primary N) is 1. The molecule has 1 aliphatic heterocycles. The maximum absolute atomic E-state index is 11.6. The molecule has 2 heterocycles. The number of nitrogen functional groups attached to an aromatic ring is 1. The van der Waals surface area contributed by atoms with Gasteiger partial charge in [-0.25, -0.2) is 4.79 Å². The third-order valence-corrected chi connectivity index (χ3v) is 2.74. The molecule has 0 spiro atoms. The van der Waals surface area contributed by atoms with Crippen LogP contribution in [-0.4, -0.2) is 33.5 Å². The highest BCUT2D eigenvalue weighted by molar-refractivity contribution is 5.23. The van der Waals surface area contributed by atoms with Gasteiger partial charge in [-0.15, -0.1) is 0 Å². The van der Waals surface area contributed by atoms with E-state index in [-0.39, 0.29) is 18.8 Å². The van der Waals surface area contributed by atoms with Gasteiger partial charge in [0.2, 0.25) is 0 Å². The Bertz CT molecular complexity index is 554. The summed E-state index contributed by atoms with van der Waals surface area (Å²) in [4.78, 5) is 22.5. The molecule has 3 atom stereocenters. The second-order valence-corrected chi connectivity index (χ2v) is 3.90. The van der Waals surface area contributed by atoms with Crippen LogP contribution >= 0.6 is 0 Å². The first-order valence-electron chi connectivity index (χ1n) is 5.47. The molecule has 102 valence electrons. The third-order valence-electron chi connectivity index (χ3n) is 2.74. The number of azide groups is 1. The standard InChI is InChI=1S/C9H12N6O4/c10-7-1-2-15(9(17)12-7)8-3-5(19-14-13-11)6(4-16)18-8/h1-2,5-6,8,16H,3-4H2,(H2,10,12,17)/t5?,6-,8-/m1/s1. The molecule has 1 aromatic rings. The fourth-order valence-electron chi connectivity index (χ4n) is 1.87. The monoisotopic (exact) mass is 268 g/mol. The minimum absolute atomic E-state index is 0.111. The molecule has 1 aromatic heterocycles. The van der Waals surface area contributed by atoms with Gasteiger partial charge in [-0.05, 0) is 11.6 Å². The van der Waals surface area contributed by atoms with Crippen LogP contribution in [0.5, 0.6) is 0 Å². The zero-order valence-corrected chi connectivity index (χ0v) is 9.79. The van der Waals surface area contributed by atoms with E-state index in [2.05, 4.69) is 15.2 Å². The number of aliphatic hydroxyl groups excluding tert-OH is 1. The molecule has 19 heavy (non-hydrogen) atoms. The minimum atomic E-state index is -0.681. The van der Waals surface area contributed by atoms with Crippen LogP contribution in [-0.2, 0) is 9.57 Å². The van der Waals surface area contributed by atoms with E-state index in [1.807, 2.05) is 0 Å². The molecule has 0 radical (unpaired) electrons. The summed E-state index contributed by atoms with van der Waals surface area (Å²) in [5, 5.41) is 12.1. The molecule has 0 saturated carbocycles. The quantitative estimate of drug-likeness (QED) is 0.332. The lowest BCUT2D eigenvalue weighted by Crippen LogP contribution is -2.28. The van der Waals surface area contributed by atoms with Crippen molar-refractivity contribution in [1.29, 1.82) is 0 Å². The van der Waals surface area contributed by atoms with E-state index in [0.29, 0.717) is 0 Å². The highest BCUT2D eigenvalue weighted by Crippen LogP contribution is 2.29. The Kier molecular flexibility index (Phi) is 3.85. The summed E-state index contributed by atoms with van der Waals surface area (Å²) in [6, 6.07) is 1.46. The van der Waals surface area contributed by atoms with Gasteiger partial charge >= 0.3 is 5.69 Å². The molecule has 10 heteroatoms. The van der Waals surface area contributed by atoms with Gasteiger partial charge in [-0.2, -0.15) is 4.98 Å². The van der Waals surface area contributed by atoms with Crippen molar-refractivity contribution in [3.05, 3.63) is 33.2 Å². The molecule has 0 aromatic carbocycles. The number of aliphatic hydroxyl groups is 1. The third kappa shape index (κ3) is 2.76. The van der Waals surface area contributed by atoms with Crippen LogP contribution in [0.15, 0.2) is 22.3 Å². The van der Waals surface area contributed by atoms with Gasteiger partial charge in [0.1, 0.15) is 29.5 Å². The Hall–Kier alpha value is -2.29. The SMILES string of the molecule is [N-]=[N+]=NOC1C[C@H](n2ccc(N)nc2=O)O[C@@H]1CO. The van der Waals surface area contributed by atoms with Crippen molar-refractivity contribution in [1.82, 2.24) is 9.55 Å². The first kappa shape index (κ1) is 13.1. The van der Waals surface area contributed by atoms with Gasteiger partial charge in [-0.1, -0.05) is 0 Å². The van der Waals surface area contributed by atoms with Gasteiger partial charge < -0.3 is 20.4 Å². The number of hydrogen-bond donors (Lipinski definition) is 2. The summed E-state index contributed by atoms with van der Waals surface area (Å²) in [6.45, 7) is -0.320. The number of anilines is 1. The average molecular weight is 268 g/mol. The van der Waals surface area contributed by atoms with E-state index in [1.165, 1.54) is 16.8 Å². The summed E-state index contributed by atoms with van der Waals surface area (Å²) in [6.07, 6.45) is -0.276. The van der Waals surface area contributed by atoms with E-state index in [4.69, 9.17) is 25.9 Å². The number of hydrogen-bond acceptors (Lipinski definition) is 7. The first-order chi connectivity index (χ1) is 9.15. The van der Waals surface area contributed by atoms with Crippen molar-refractivity contribution in [2.45, 2.75) is 24.9 Å². The molecule has 0 amide bonds. The van der Waals surface area contributed by atoms with Gasteiger partial charge in [0.15, 0.2) is 0 Å². The summed E-state index contributed by atoms with van der Waals surface area (Å²) < 4.78 is 6.69. The van der Waals surface area contributed by atoms with Crippen LogP contribution in [0.2, 0.25) is 0 Å². The highest BCUT2D eigenvalue weighted by Gasteiger charge is 2.37. The molecule has 1 unspecified atom stereocenters. The normalized spacial score (nSPS) is 25.8. The molecule has 1 fully saturated rings. The topological polar surface area (TPSA) is 148 Å². The van der Waals surface area contributed by atoms with Crippen LogP contribution in [0.25, 0.3) is 10.4 Å². The molecular weight excluding hydrogens is 256 g/mol. The smallest absolute Gasteiger partial charge is 0.351 e. The first-order valence-corrected chi connectivity index (χ1v) is 5.47. The Morgan fingerprint density at radius 2 is 2.58 bits per heavy atom. The molecule has 3 N–H and O–H groups in total. The summed E-state index contributed by atoms with van der Waals surface area (Å²) in [5.41, 5.74) is 13.0. The van der Waals surface area contributed by atoms with E-state index in [9.17, 15) is 4.79 Å². The molecule has 2 rings (SSSR count). The van der Waals surface area contributed by atoms with Crippen molar-refractivity contribution >= 4 is 5.82 Å². The van der Waals surface area contributed by atoms with Crippen LogP contribution in [0.3, 0.4) is 0 Å². The number of rotatable bonds is 4. The molecule has 0 bridgehead atoms. The Balaban J connectivity index is 2.18. The van der Waals surface area contributed by atoms with Crippen molar-refractivity contribution < 1.29 is 14.7 Å². The average Bonchev–Trinajstić information content (AvgIpc) is 2.79. The number of aromatic nitrogens is 2. The Morgan fingerprint density at radius 3 is 3.21 bits per heavy atom. The molecule has 1 saturated heterocycles.